The minimum absolute atomic E-state index is 0.0941. The van der Waals surface area contributed by atoms with Crippen LogP contribution < -0.4 is 10.1 Å². The Bertz CT molecular complexity index is 959. The van der Waals surface area contributed by atoms with E-state index in [1.54, 1.807) is 0 Å². The minimum atomic E-state index is -0.0941. The van der Waals surface area contributed by atoms with Gasteiger partial charge < -0.3 is 10.1 Å². The minimum Gasteiger partial charge on any atom is -0.491 e. The fourth-order valence-corrected chi connectivity index (χ4v) is 3.29. The molecule has 0 radical (unpaired) electrons. The number of nitrogens with one attached hydrogen (secondary N) is 1. The summed E-state index contributed by atoms with van der Waals surface area (Å²) in [5, 5.41) is 7.40. The molecule has 5 nitrogen and oxygen atoms in total. The predicted molar refractivity (Wildman–Crippen MR) is 116 cm³/mol. The summed E-state index contributed by atoms with van der Waals surface area (Å²) >= 11 is 0. The first-order chi connectivity index (χ1) is 13.9. The van der Waals surface area contributed by atoms with E-state index >= 15 is 0 Å². The molecule has 2 aromatic carbocycles. The molecule has 0 fully saturated rings. The molecule has 0 saturated carbocycles. The second-order valence-electron chi connectivity index (χ2n) is 7.58. The molecular formula is C24H29N3O2. The molecule has 29 heavy (non-hydrogen) atoms. The Morgan fingerprint density at radius 1 is 1.10 bits per heavy atom. The lowest BCUT2D eigenvalue weighted by Crippen LogP contribution is -2.28. The van der Waals surface area contributed by atoms with Crippen LogP contribution in [-0.2, 0) is 6.54 Å². The molecule has 0 saturated heterocycles. The number of para-hydroxylation sites is 1. The Kier molecular flexibility index (Phi) is 6.70. The standard InChI is InChI=1S/C24H29N3O2/c1-17(2)22-7-5-6-8-23(22)29-14-13-25-24(28)21-11-9-20(10-12-21)16-27-19(4)15-18(3)26-27/h5-12,15,17H,13-14,16H2,1-4H3,(H,25,28). The number of aryl methyl sites for hydroxylation is 2. The normalized spacial score (nSPS) is 10.9. The number of aromatic nitrogens is 2. The van der Waals surface area contributed by atoms with Crippen molar-refractivity contribution in [3.63, 3.8) is 0 Å². The first kappa shape index (κ1) is 20.6. The number of carbonyl (C=O) groups excluding carboxylic acids is 1. The van der Waals surface area contributed by atoms with Crippen molar-refractivity contribution < 1.29 is 9.53 Å². The Balaban J connectivity index is 1.49. The van der Waals surface area contributed by atoms with Gasteiger partial charge in [0, 0.05) is 11.3 Å². The largest absolute Gasteiger partial charge is 0.491 e. The number of hydrogen-bond acceptors (Lipinski definition) is 3. The maximum atomic E-state index is 12.4. The molecule has 5 heteroatoms. The molecule has 152 valence electrons. The van der Waals surface area contributed by atoms with Crippen LogP contribution in [0.3, 0.4) is 0 Å². The number of ether oxygens (including phenoxy) is 1. The summed E-state index contributed by atoms with van der Waals surface area (Å²) in [7, 11) is 0. The van der Waals surface area contributed by atoms with Crippen molar-refractivity contribution >= 4 is 5.91 Å². The lowest BCUT2D eigenvalue weighted by atomic mass is 10.0. The molecule has 0 bridgehead atoms. The summed E-state index contributed by atoms with van der Waals surface area (Å²) < 4.78 is 7.83. The third-order valence-corrected chi connectivity index (χ3v) is 4.84. The van der Waals surface area contributed by atoms with Gasteiger partial charge >= 0.3 is 0 Å². The van der Waals surface area contributed by atoms with Crippen molar-refractivity contribution in [2.45, 2.75) is 40.2 Å². The van der Waals surface area contributed by atoms with Crippen LogP contribution in [0.5, 0.6) is 5.75 Å². The van der Waals surface area contributed by atoms with E-state index in [4.69, 9.17) is 4.74 Å². The molecule has 1 aromatic heterocycles. The van der Waals surface area contributed by atoms with Gasteiger partial charge in [0.25, 0.3) is 5.91 Å². The van der Waals surface area contributed by atoms with Crippen LogP contribution in [0.4, 0.5) is 0 Å². The highest BCUT2D eigenvalue weighted by Crippen LogP contribution is 2.25. The molecule has 0 aliphatic carbocycles. The van der Waals surface area contributed by atoms with Crippen LogP contribution in [0.1, 0.15) is 52.6 Å². The van der Waals surface area contributed by atoms with Gasteiger partial charge in [-0.25, -0.2) is 0 Å². The third kappa shape index (κ3) is 5.47. The molecule has 0 atom stereocenters. The zero-order valence-electron chi connectivity index (χ0n) is 17.6. The molecule has 3 rings (SSSR count). The SMILES string of the molecule is Cc1cc(C)n(Cc2ccc(C(=O)NCCOc3ccccc3C(C)C)cc2)n1. The van der Waals surface area contributed by atoms with Crippen LogP contribution in [0.2, 0.25) is 0 Å². The summed E-state index contributed by atoms with van der Waals surface area (Å²) in [6, 6.07) is 17.7. The fourth-order valence-electron chi connectivity index (χ4n) is 3.29. The van der Waals surface area contributed by atoms with E-state index < -0.39 is 0 Å². The molecule has 3 aromatic rings. The van der Waals surface area contributed by atoms with Gasteiger partial charge in [-0.05, 0) is 55.2 Å². The van der Waals surface area contributed by atoms with Crippen molar-refractivity contribution in [1.29, 1.82) is 0 Å². The molecule has 0 aliphatic rings. The van der Waals surface area contributed by atoms with Crippen molar-refractivity contribution in [3.05, 3.63) is 82.7 Å². The molecule has 0 spiro atoms. The second kappa shape index (κ2) is 9.41. The van der Waals surface area contributed by atoms with Gasteiger partial charge in [0.1, 0.15) is 12.4 Å². The summed E-state index contributed by atoms with van der Waals surface area (Å²) in [6.45, 7) is 9.91. The average Bonchev–Trinajstić information content (AvgIpc) is 3.02. The van der Waals surface area contributed by atoms with E-state index in [2.05, 4.69) is 36.4 Å². The van der Waals surface area contributed by atoms with Crippen molar-refractivity contribution in [1.82, 2.24) is 15.1 Å². The lowest BCUT2D eigenvalue weighted by Gasteiger charge is -2.14. The fraction of sp³-hybridized carbons (Fsp3) is 0.333. The van der Waals surface area contributed by atoms with Crippen LogP contribution in [0.25, 0.3) is 0 Å². The van der Waals surface area contributed by atoms with Crippen LogP contribution in [-0.4, -0.2) is 28.8 Å². The molecular weight excluding hydrogens is 362 g/mol. The van der Waals surface area contributed by atoms with Gasteiger partial charge in [-0.2, -0.15) is 5.10 Å². The van der Waals surface area contributed by atoms with Gasteiger partial charge in [0.05, 0.1) is 18.8 Å². The number of hydrogen-bond donors (Lipinski definition) is 1. The highest BCUT2D eigenvalue weighted by atomic mass is 16.5. The van der Waals surface area contributed by atoms with Crippen LogP contribution in [0, 0.1) is 13.8 Å². The van der Waals surface area contributed by atoms with Gasteiger partial charge in [0.15, 0.2) is 0 Å². The zero-order chi connectivity index (χ0) is 20.8. The van der Waals surface area contributed by atoms with Crippen molar-refractivity contribution in [2.24, 2.45) is 0 Å². The average molecular weight is 392 g/mol. The Labute approximate surface area is 172 Å². The van der Waals surface area contributed by atoms with E-state index in [9.17, 15) is 4.79 Å². The predicted octanol–water partition coefficient (Wildman–Crippen LogP) is 4.48. The Morgan fingerprint density at radius 3 is 2.48 bits per heavy atom. The molecule has 0 unspecified atom stereocenters. The number of carbonyl (C=O) groups is 1. The summed E-state index contributed by atoms with van der Waals surface area (Å²) in [5.41, 5.74) is 5.07. The van der Waals surface area contributed by atoms with Gasteiger partial charge in [-0.3, -0.25) is 9.48 Å². The third-order valence-electron chi connectivity index (χ3n) is 4.84. The van der Waals surface area contributed by atoms with Gasteiger partial charge in [-0.1, -0.05) is 44.2 Å². The van der Waals surface area contributed by atoms with E-state index in [0.717, 1.165) is 22.7 Å². The molecule has 1 amide bonds. The Hall–Kier alpha value is -3.08. The van der Waals surface area contributed by atoms with Crippen molar-refractivity contribution in [2.75, 3.05) is 13.2 Å². The van der Waals surface area contributed by atoms with Gasteiger partial charge in [0.2, 0.25) is 0 Å². The monoisotopic (exact) mass is 391 g/mol. The van der Waals surface area contributed by atoms with E-state index in [0.29, 0.717) is 31.2 Å². The molecule has 1 N–H and O–H groups in total. The highest BCUT2D eigenvalue weighted by molar-refractivity contribution is 5.94. The number of nitrogens with zero attached hydrogens (tertiary/aromatic N) is 2. The van der Waals surface area contributed by atoms with Crippen LogP contribution in [0.15, 0.2) is 54.6 Å². The zero-order valence-corrected chi connectivity index (χ0v) is 17.6. The number of rotatable bonds is 8. The highest BCUT2D eigenvalue weighted by Gasteiger charge is 2.09. The van der Waals surface area contributed by atoms with Gasteiger partial charge in [-0.15, -0.1) is 0 Å². The number of amides is 1. The first-order valence-corrected chi connectivity index (χ1v) is 10.0. The Morgan fingerprint density at radius 2 is 1.83 bits per heavy atom. The van der Waals surface area contributed by atoms with E-state index in [1.807, 2.05) is 61.0 Å². The lowest BCUT2D eigenvalue weighted by molar-refractivity contribution is 0.0947. The summed E-state index contributed by atoms with van der Waals surface area (Å²) in [6.07, 6.45) is 0. The van der Waals surface area contributed by atoms with Crippen LogP contribution >= 0.6 is 0 Å². The first-order valence-electron chi connectivity index (χ1n) is 10.0. The number of benzene rings is 2. The summed E-state index contributed by atoms with van der Waals surface area (Å²) in [4.78, 5) is 12.4. The second-order valence-corrected chi connectivity index (χ2v) is 7.58. The maximum absolute atomic E-state index is 12.4. The summed E-state index contributed by atoms with van der Waals surface area (Å²) in [5.74, 6) is 1.18. The quantitative estimate of drug-likeness (QED) is 0.576. The van der Waals surface area contributed by atoms with Crippen molar-refractivity contribution in [3.8, 4) is 5.75 Å². The topological polar surface area (TPSA) is 56.2 Å². The van der Waals surface area contributed by atoms with E-state index in [1.165, 1.54) is 5.56 Å². The van der Waals surface area contributed by atoms with E-state index in [-0.39, 0.29) is 5.91 Å². The molecule has 0 aliphatic heterocycles. The maximum Gasteiger partial charge on any atom is 0.251 e. The smallest absolute Gasteiger partial charge is 0.251 e. The molecule has 1 heterocycles.